The summed E-state index contributed by atoms with van der Waals surface area (Å²) in [5.41, 5.74) is 5.62. The third-order valence-electron chi connectivity index (χ3n) is 4.89. The minimum atomic E-state index is 0.185. The van der Waals surface area contributed by atoms with Crippen LogP contribution in [0.4, 0.5) is 0 Å². The van der Waals surface area contributed by atoms with Gasteiger partial charge in [0.1, 0.15) is 0 Å². The van der Waals surface area contributed by atoms with E-state index in [-0.39, 0.29) is 6.04 Å². The Hall–Kier alpha value is -1.45. The average Bonchev–Trinajstić information content (AvgIpc) is 2.79. The Labute approximate surface area is 120 Å². The van der Waals surface area contributed by atoms with Crippen molar-refractivity contribution in [3.63, 3.8) is 0 Å². The van der Waals surface area contributed by atoms with Gasteiger partial charge >= 0.3 is 0 Å². The molecule has 3 N–H and O–H groups in total. The summed E-state index contributed by atoms with van der Waals surface area (Å²) in [5.74, 6) is 6.44. The maximum atomic E-state index is 5.87. The average molecular weight is 269 g/mol. The molecule has 1 aliphatic rings. The van der Waals surface area contributed by atoms with E-state index < -0.39 is 0 Å². The monoisotopic (exact) mass is 269 g/mol. The molecule has 0 spiro atoms. The molecule has 3 nitrogen and oxygen atoms in total. The predicted octanol–water partition coefficient (Wildman–Crippen LogP) is 3.57. The third-order valence-corrected chi connectivity index (χ3v) is 4.89. The van der Waals surface area contributed by atoms with E-state index in [9.17, 15) is 0 Å². The van der Waals surface area contributed by atoms with Gasteiger partial charge in [-0.15, -0.1) is 0 Å². The number of nitrogens with two attached hydrogens (primary N) is 1. The van der Waals surface area contributed by atoms with Crippen LogP contribution in [-0.4, -0.2) is 4.98 Å². The molecule has 1 fully saturated rings. The Balaban J connectivity index is 1.99. The molecular formula is C17H23N3. The number of hydrazine groups is 1. The number of aromatic nitrogens is 1. The minimum Gasteiger partial charge on any atom is -0.271 e. The maximum Gasteiger partial charge on any atom is 0.0702 e. The van der Waals surface area contributed by atoms with Gasteiger partial charge in [-0.2, -0.15) is 0 Å². The highest BCUT2D eigenvalue weighted by molar-refractivity contribution is 5.78. The van der Waals surface area contributed by atoms with Crippen molar-refractivity contribution in [1.29, 1.82) is 0 Å². The molecule has 2 atom stereocenters. The molecule has 106 valence electrons. The second-order valence-corrected chi connectivity index (χ2v) is 6.59. The summed E-state index contributed by atoms with van der Waals surface area (Å²) in [7, 11) is 0. The molecule has 0 amide bonds. The first-order valence-electron chi connectivity index (χ1n) is 7.43. The van der Waals surface area contributed by atoms with E-state index >= 15 is 0 Å². The lowest BCUT2D eigenvalue weighted by Gasteiger charge is -2.34. The van der Waals surface area contributed by atoms with E-state index in [1.165, 1.54) is 30.2 Å². The second-order valence-electron chi connectivity index (χ2n) is 6.59. The van der Waals surface area contributed by atoms with Gasteiger partial charge in [0.2, 0.25) is 0 Å². The third kappa shape index (κ3) is 2.32. The number of benzene rings is 1. The smallest absolute Gasteiger partial charge is 0.0702 e. The zero-order valence-corrected chi connectivity index (χ0v) is 12.3. The standard InChI is InChI=1S/C17H23N3/c1-17(2)9-5-7-14(17)16(20-18)13-10-12-6-3-4-8-15(12)19-11-13/h3-4,6,8,10-11,14,16,20H,5,7,9,18H2,1-2H3. The van der Waals surface area contributed by atoms with E-state index in [4.69, 9.17) is 5.84 Å². The van der Waals surface area contributed by atoms with E-state index in [0.29, 0.717) is 11.3 Å². The van der Waals surface area contributed by atoms with Crippen molar-refractivity contribution in [1.82, 2.24) is 10.4 Å². The molecule has 1 aromatic carbocycles. The zero-order valence-electron chi connectivity index (χ0n) is 12.3. The number of rotatable bonds is 3. The Bertz CT molecular complexity index is 606. The highest BCUT2D eigenvalue weighted by Crippen LogP contribution is 2.48. The van der Waals surface area contributed by atoms with E-state index in [1.807, 2.05) is 18.3 Å². The fourth-order valence-electron chi connectivity index (χ4n) is 3.67. The largest absolute Gasteiger partial charge is 0.271 e. The summed E-state index contributed by atoms with van der Waals surface area (Å²) in [6.07, 6.45) is 5.77. The molecule has 1 heterocycles. The summed E-state index contributed by atoms with van der Waals surface area (Å²) >= 11 is 0. The van der Waals surface area contributed by atoms with Gasteiger partial charge in [-0.1, -0.05) is 38.5 Å². The number of nitrogens with one attached hydrogen (secondary N) is 1. The fourth-order valence-corrected chi connectivity index (χ4v) is 3.67. The summed E-state index contributed by atoms with van der Waals surface area (Å²) < 4.78 is 0. The molecule has 20 heavy (non-hydrogen) atoms. The van der Waals surface area contributed by atoms with Gasteiger partial charge < -0.3 is 0 Å². The van der Waals surface area contributed by atoms with Crippen molar-refractivity contribution < 1.29 is 0 Å². The first-order chi connectivity index (χ1) is 9.62. The molecular weight excluding hydrogens is 246 g/mol. The molecule has 3 rings (SSSR count). The number of pyridine rings is 1. The van der Waals surface area contributed by atoms with Crippen LogP contribution < -0.4 is 11.3 Å². The van der Waals surface area contributed by atoms with Gasteiger partial charge in [-0.3, -0.25) is 16.3 Å². The van der Waals surface area contributed by atoms with Crippen molar-refractivity contribution in [3.05, 3.63) is 42.1 Å². The van der Waals surface area contributed by atoms with E-state index in [2.05, 4.69) is 42.5 Å². The lowest BCUT2D eigenvalue weighted by molar-refractivity contribution is 0.198. The van der Waals surface area contributed by atoms with Crippen LogP contribution in [0.15, 0.2) is 36.5 Å². The molecule has 2 aromatic rings. The van der Waals surface area contributed by atoms with E-state index in [1.54, 1.807) is 0 Å². The van der Waals surface area contributed by atoms with Crippen LogP contribution in [0.25, 0.3) is 10.9 Å². The number of hydrogen-bond donors (Lipinski definition) is 2. The van der Waals surface area contributed by atoms with Crippen molar-refractivity contribution in [2.24, 2.45) is 17.2 Å². The van der Waals surface area contributed by atoms with Crippen LogP contribution in [0.2, 0.25) is 0 Å². The summed E-state index contributed by atoms with van der Waals surface area (Å²) in [6, 6.07) is 10.6. The molecule has 3 heteroatoms. The Morgan fingerprint density at radius 2 is 2.15 bits per heavy atom. The topological polar surface area (TPSA) is 50.9 Å². The van der Waals surface area contributed by atoms with Crippen LogP contribution in [0.5, 0.6) is 0 Å². The normalized spacial score (nSPS) is 23.1. The van der Waals surface area contributed by atoms with Gasteiger partial charge in [-0.25, -0.2) is 0 Å². The van der Waals surface area contributed by atoms with E-state index in [0.717, 1.165) is 5.52 Å². The summed E-state index contributed by atoms with van der Waals surface area (Å²) in [4.78, 5) is 4.57. The lowest BCUT2D eigenvalue weighted by atomic mass is 9.76. The van der Waals surface area contributed by atoms with Crippen LogP contribution in [-0.2, 0) is 0 Å². The number of fused-ring (bicyclic) bond motifs is 1. The van der Waals surface area contributed by atoms with Gasteiger partial charge in [0, 0.05) is 11.6 Å². The number of hydrogen-bond acceptors (Lipinski definition) is 3. The summed E-state index contributed by atoms with van der Waals surface area (Å²) in [6.45, 7) is 4.70. The first-order valence-corrected chi connectivity index (χ1v) is 7.43. The Morgan fingerprint density at radius 3 is 2.85 bits per heavy atom. The molecule has 1 aliphatic carbocycles. The van der Waals surface area contributed by atoms with Crippen molar-refractivity contribution in [3.8, 4) is 0 Å². The Morgan fingerprint density at radius 1 is 1.35 bits per heavy atom. The van der Waals surface area contributed by atoms with Crippen LogP contribution in [0, 0.1) is 11.3 Å². The molecule has 0 saturated heterocycles. The van der Waals surface area contributed by atoms with Crippen molar-refractivity contribution >= 4 is 10.9 Å². The fraction of sp³-hybridized carbons (Fsp3) is 0.471. The Kier molecular flexibility index (Phi) is 3.48. The first kappa shape index (κ1) is 13.5. The molecule has 2 unspecified atom stereocenters. The van der Waals surface area contributed by atoms with Crippen molar-refractivity contribution in [2.45, 2.75) is 39.2 Å². The van der Waals surface area contributed by atoms with Gasteiger partial charge in [0.15, 0.2) is 0 Å². The quantitative estimate of drug-likeness (QED) is 0.661. The van der Waals surface area contributed by atoms with Gasteiger partial charge in [0.05, 0.1) is 11.6 Å². The van der Waals surface area contributed by atoms with Crippen LogP contribution in [0.1, 0.15) is 44.7 Å². The molecule has 0 bridgehead atoms. The minimum absolute atomic E-state index is 0.185. The summed E-state index contributed by atoms with van der Waals surface area (Å²) in [5, 5.41) is 1.18. The molecule has 1 saturated carbocycles. The lowest BCUT2D eigenvalue weighted by Crippen LogP contribution is -2.37. The predicted molar refractivity (Wildman–Crippen MR) is 82.9 cm³/mol. The maximum absolute atomic E-state index is 5.87. The highest BCUT2D eigenvalue weighted by Gasteiger charge is 2.39. The molecule has 0 radical (unpaired) electrons. The molecule has 1 aromatic heterocycles. The number of nitrogens with zero attached hydrogens (tertiary/aromatic N) is 1. The van der Waals surface area contributed by atoms with Crippen LogP contribution >= 0.6 is 0 Å². The highest BCUT2D eigenvalue weighted by atomic mass is 15.2. The van der Waals surface area contributed by atoms with Crippen LogP contribution in [0.3, 0.4) is 0 Å². The SMILES string of the molecule is CC1(C)CCCC1C(NN)c1cnc2ccccc2c1. The van der Waals surface area contributed by atoms with Gasteiger partial charge in [0.25, 0.3) is 0 Å². The van der Waals surface area contributed by atoms with Gasteiger partial charge in [-0.05, 0) is 41.9 Å². The zero-order chi connectivity index (χ0) is 14.2. The van der Waals surface area contributed by atoms with Crippen molar-refractivity contribution in [2.75, 3.05) is 0 Å². The second kappa shape index (κ2) is 5.15. The molecule has 0 aliphatic heterocycles. The number of para-hydroxylation sites is 1.